The minimum atomic E-state index is -0.906. The molecule has 3 nitrogen and oxygen atoms in total. The summed E-state index contributed by atoms with van der Waals surface area (Å²) in [5.74, 6) is -1.27. The van der Waals surface area contributed by atoms with Crippen molar-refractivity contribution < 1.29 is 8.78 Å². The highest BCUT2D eigenvalue weighted by Gasteiger charge is 2.35. The number of aromatic nitrogens is 3. The van der Waals surface area contributed by atoms with Gasteiger partial charge in [-0.05, 0) is 30.2 Å². The number of benzene rings is 2. The molecule has 3 rings (SSSR count). The lowest BCUT2D eigenvalue weighted by Crippen LogP contribution is -2.31. The van der Waals surface area contributed by atoms with Crippen LogP contribution in [0.5, 0.6) is 0 Å². The van der Waals surface area contributed by atoms with E-state index in [0.717, 1.165) is 6.07 Å². The van der Waals surface area contributed by atoms with Crippen molar-refractivity contribution in [1.82, 2.24) is 14.8 Å². The molecule has 1 heterocycles. The van der Waals surface area contributed by atoms with Crippen LogP contribution in [0.3, 0.4) is 0 Å². The van der Waals surface area contributed by atoms with Crippen molar-refractivity contribution in [3.8, 4) is 0 Å². The van der Waals surface area contributed by atoms with Crippen LogP contribution in [0.15, 0.2) is 61.7 Å². The van der Waals surface area contributed by atoms with E-state index in [4.69, 9.17) is 11.6 Å². The molecule has 1 atom stereocenters. The van der Waals surface area contributed by atoms with Gasteiger partial charge >= 0.3 is 0 Å². The Morgan fingerprint density at radius 1 is 1.24 bits per heavy atom. The molecule has 6 heteroatoms. The molecule has 128 valence electrons. The normalized spacial score (nSPS) is 13.4. The van der Waals surface area contributed by atoms with E-state index in [1.54, 1.807) is 17.1 Å². The number of nitrogens with zero attached hydrogens (tertiary/aromatic N) is 3. The van der Waals surface area contributed by atoms with Gasteiger partial charge < -0.3 is 0 Å². The highest BCUT2D eigenvalue weighted by molar-refractivity contribution is 6.32. The molecular formula is C19H16ClF2N3. The molecule has 0 N–H and O–H groups in total. The molecule has 0 fully saturated rings. The van der Waals surface area contributed by atoms with Gasteiger partial charge in [0.1, 0.15) is 24.3 Å². The van der Waals surface area contributed by atoms with E-state index < -0.39 is 17.0 Å². The van der Waals surface area contributed by atoms with Crippen molar-refractivity contribution in [2.45, 2.75) is 18.9 Å². The van der Waals surface area contributed by atoms with Crippen molar-refractivity contribution in [2.24, 2.45) is 0 Å². The minimum Gasteiger partial charge on any atom is -0.252 e. The third kappa shape index (κ3) is 3.33. The van der Waals surface area contributed by atoms with E-state index in [9.17, 15) is 8.78 Å². The van der Waals surface area contributed by atoms with Crippen LogP contribution in [0.4, 0.5) is 8.78 Å². The molecule has 0 bridgehead atoms. The topological polar surface area (TPSA) is 30.7 Å². The maximum atomic E-state index is 14.6. The first-order valence-electron chi connectivity index (χ1n) is 7.64. The molecular weight excluding hydrogens is 344 g/mol. The van der Waals surface area contributed by atoms with Crippen LogP contribution in [-0.2, 0) is 12.0 Å². The monoisotopic (exact) mass is 359 g/mol. The third-order valence-electron chi connectivity index (χ3n) is 4.34. The van der Waals surface area contributed by atoms with Gasteiger partial charge in [-0.25, -0.2) is 13.8 Å². The van der Waals surface area contributed by atoms with Gasteiger partial charge in [0.25, 0.3) is 0 Å². The largest absolute Gasteiger partial charge is 0.252 e. The second kappa shape index (κ2) is 6.76. The highest BCUT2D eigenvalue weighted by Crippen LogP contribution is 2.41. The second-order valence-electron chi connectivity index (χ2n) is 6.01. The lowest BCUT2D eigenvalue weighted by molar-refractivity contribution is 0.440. The van der Waals surface area contributed by atoms with Crippen LogP contribution in [0, 0.1) is 11.6 Å². The lowest BCUT2D eigenvalue weighted by Gasteiger charge is -2.33. The molecule has 0 aliphatic carbocycles. The fraction of sp³-hybridized carbons (Fsp3) is 0.158. The van der Waals surface area contributed by atoms with Crippen molar-refractivity contribution in [2.75, 3.05) is 0 Å². The van der Waals surface area contributed by atoms with Gasteiger partial charge in [-0.15, -0.1) is 0 Å². The quantitative estimate of drug-likeness (QED) is 0.650. The Kier molecular flexibility index (Phi) is 4.68. The van der Waals surface area contributed by atoms with Crippen LogP contribution < -0.4 is 0 Å². The minimum absolute atomic E-state index is 0.277. The van der Waals surface area contributed by atoms with Crippen LogP contribution in [-0.4, -0.2) is 14.8 Å². The molecule has 0 aliphatic heterocycles. The molecule has 0 amide bonds. The van der Waals surface area contributed by atoms with Gasteiger partial charge in [0.05, 0.1) is 6.54 Å². The zero-order valence-corrected chi connectivity index (χ0v) is 14.3. The zero-order valence-electron chi connectivity index (χ0n) is 13.6. The van der Waals surface area contributed by atoms with E-state index in [1.165, 1.54) is 18.5 Å². The third-order valence-corrected chi connectivity index (χ3v) is 4.67. The molecule has 0 unspecified atom stereocenters. The fourth-order valence-corrected chi connectivity index (χ4v) is 3.17. The Hall–Kier alpha value is -2.53. The average molecular weight is 360 g/mol. The first-order valence-corrected chi connectivity index (χ1v) is 8.02. The summed E-state index contributed by atoms with van der Waals surface area (Å²) in [5, 5.41) is 4.62. The second-order valence-corrected chi connectivity index (χ2v) is 6.41. The SMILES string of the molecule is C=C(c1ccccc1Cl)[C@](C)(Cn1cncn1)c1ccc(F)cc1F. The molecule has 3 aromatic rings. The standard InChI is InChI=1S/C19H16ClF2N3/c1-13(15-5-3-4-6-17(15)20)19(2,10-25-12-23-11-24-25)16-8-7-14(21)9-18(16)22/h3-9,11-12H,1,10H2,2H3/t19-/m0/s1. The molecule has 1 aromatic heterocycles. The van der Waals surface area contributed by atoms with Gasteiger partial charge in [-0.3, -0.25) is 4.68 Å². The number of hydrogen-bond acceptors (Lipinski definition) is 2. The Balaban J connectivity index is 2.15. The summed E-state index contributed by atoms with van der Waals surface area (Å²) in [5.41, 5.74) is 0.722. The lowest BCUT2D eigenvalue weighted by atomic mass is 9.73. The van der Waals surface area contributed by atoms with E-state index in [2.05, 4.69) is 16.7 Å². The number of rotatable bonds is 5. The maximum absolute atomic E-state index is 14.6. The Bertz CT molecular complexity index is 909. The van der Waals surface area contributed by atoms with Crippen molar-refractivity contribution in [3.05, 3.63) is 89.5 Å². The maximum Gasteiger partial charge on any atom is 0.137 e. The van der Waals surface area contributed by atoms with Crippen molar-refractivity contribution in [3.63, 3.8) is 0 Å². The molecule has 0 saturated heterocycles. The molecule has 0 saturated carbocycles. The van der Waals surface area contributed by atoms with Crippen LogP contribution in [0.2, 0.25) is 5.02 Å². The Morgan fingerprint density at radius 2 is 2.00 bits per heavy atom. The number of hydrogen-bond donors (Lipinski definition) is 0. The van der Waals surface area contributed by atoms with E-state index >= 15 is 0 Å². The summed E-state index contributed by atoms with van der Waals surface area (Å²) >= 11 is 6.31. The van der Waals surface area contributed by atoms with E-state index in [0.29, 0.717) is 21.7 Å². The Morgan fingerprint density at radius 3 is 2.64 bits per heavy atom. The van der Waals surface area contributed by atoms with Crippen molar-refractivity contribution in [1.29, 1.82) is 0 Å². The molecule has 0 spiro atoms. The van der Waals surface area contributed by atoms with Gasteiger partial charge in [0.15, 0.2) is 0 Å². The van der Waals surface area contributed by atoms with Gasteiger partial charge in [0, 0.05) is 22.1 Å². The molecule has 0 radical (unpaired) electrons. The van der Waals surface area contributed by atoms with Crippen LogP contribution in [0.1, 0.15) is 18.1 Å². The average Bonchev–Trinajstić information content (AvgIpc) is 3.07. The summed E-state index contributed by atoms with van der Waals surface area (Å²) < 4.78 is 29.6. The predicted octanol–water partition coefficient (Wildman–Crippen LogP) is 4.88. The van der Waals surface area contributed by atoms with Crippen LogP contribution >= 0.6 is 11.6 Å². The van der Waals surface area contributed by atoms with Gasteiger partial charge in [-0.2, -0.15) is 5.10 Å². The fourth-order valence-electron chi connectivity index (χ4n) is 2.92. The van der Waals surface area contributed by atoms with E-state index in [1.807, 2.05) is 25.1 Å². The van der Waals surface area contributed by atoms with Gasteiger partial charge in [-0.1, -0.05) is 42.4 Å². The number of allylic oxidation sites excluding steroid dienone is 1. The first-order chi connectivity index (χ1) is 11.9. The highest BCUT2D eigenvalue weighted by atomic mass is 35.5. The first kappa shape index (κ1) is 17.3. The predicted molar refractivity (Wildman–Crippen MR) is 94.2 cm³/mol. The summed E-state index contributed by atoms with van der Waals surface area (Å²) in [7, 11) is 0. The summed E-state index contributed by atoms with van der Waals surface area (Å²) in [4.78, 5) is 3.93. The molecule has 2 aromatic carbocycles. The summed E-state index contributed by atoms with van der Waals surface area (Å²) in [6.07, 6.45) is 2.94. The molecule has 25 heavy (non-hydrogen) atoms. The molecule has 0 aliphatic rings. The summed E-state index contributed by atoms with van der Waals surface area (Å²) in [6.45, 7) is 6.28. The van der Waals surface area contributed by atoms with Crippen LogP contribution in [0.25, 0.3) is 5.57 Å². The van der Waals surface area contributed by atoms with Gasteiger partial charge in [0.2, 0.25) is 0 Å². The zero-order chi connectivity index (χ0) is 18.0. The Labute approximate surface area is 149 Å². The number of halogens is 3. The summed E-state index contributed by atoms with van der Waals surface area (Å²) in [6, 6.07) is 10.8. The van der Waals surface area contributed by atoms with Crippen molar-refractivity contribution >= 4 is 17.2 Å². The smallest absolute Gasteiger partial charge is 0.137 e. The van der Waals surface area contributed by atoms with E-state index in [-0.39, 0.29) is 6.54 Å².